The Morgan fingerprint density at radius 3 is 2.94 bits per heavy atom. The second kappa shape index (κ2) is 6.61. The Kier molecular flexibility index (Phi) is 5.43. The normalized spacial score (nSPS) is 10.7. The predicted octanol–water partition coefficient (Wildman–Crippen LogP) is 3.64. The molecule has 86 valence electrons. The van der Waals surface area contributed by atoms with E-state index in [0.29, 0.717) is 10.8 Å². The first kappa shape index (κ1) is 13.1. The number of methoxy groups -OCH3 is 1. The Balaban J connectivity index is 2.68. The number of thioether (sulfide) groups is 1. The molecule has 0 aliphatic heterocycles. The topological polar surface area (TPSA) is 26.3 Å². The van der Waals surface area contributed by atoms with Gasteiger partial charge in [-0.15, -0.1) is 0 Å². The van der Waals surface area contributed by atoms with Crippen LogP contribution in [0.1, 0.15) is 12.5 Å². The zero-order chi connectivity index (χ0) is 12.0. The monoisotopic (exact) mass is 256 g/mol. The summed E-state index contributed by atoms with van der Waals surface area (Å²) in [5, 5.41) is 0.784. The summed E-state index contributed by atoms with van der Waals surface area (Å²) in [6, 6.07) is 5.46. The summed E-state index contributed by atoms with van der Waals surface area (Å²) in [5.74, 6) is 1.42. The van der Waals surface area contributed by atoms with Crippen molar-refractivity contribution < 1.29 is 9.53 Å². The van der Waals surface area contributed by atoms with Gasteiger partial charge in [-0.25, -0.2) is 0 Å². The van der Waals surface area contributed by atoms with E-state index in [1.54, 1.807) is 20.1 Å². The molecule has 0 fully saturated rings. The van der Waals surface area contributed by atoms with Gasteiger partial charge in [0.1, 0.15) is 5.75 Å². The average molecular weight is 257 g/mol. The second-order valence-electron chi connectivity index (χ2n) is 3.09. The maximum atomic E-state index is 10.7. The molecule has 2 nitrogen and oxygen atoms in total. The molecule has 16 heavy (non-hydrogen) atoms. The summed E-state index contributed by atoms with van der Waals surface area (Å²) in [6.07, 6.45) is 3.80. The maximum absolute atomic E-state index is 10.7. The Bertz CT molecular complexity index is 402. The molecule has 4 heteroatoms. The van der Waals surface area contributed by atoms with Crippen LogP contribution in [0.15, 0.2) is 24.3 Å². The lowest BCUT2D eigenvalue weighted by atomic mass is 10.2. The van der Waals surface area contributed by atoms with Crippen LogP contribution in [0.2, 0.25) is 5.02 Å². The van der Waals surface area contributed by atoms with E-state index < -0.39 is 0 Å². The molecule has 0 bridgehead atoms. The van der Waals surface area contributed by atoms with Crippen molar-refractivity contribution in [3.63, 3.8) is 0 Å². The van der Waals surface area contributed by atoms with Crippen molar-refractivity contribution in [3.8, 4) is 5.75 Å². The van der Waals surface area contributed by atoms with Gasteiger partial charge in [-0.3, -0.25) is 4.79 Å². The van der Waals surface area contributed by atoms with Crippen LogP contribution in [0.3, 0.4) is 0 Å². The van der Waals surface area contributed by atoms with Crippen molar-refractivity contribution in [2.75, 3.05) is 12.9 Å². The van der Waals surface area contributed by atoms with Crippen LogP contribution in [-0.2, 0) is 4.79 Å². The highest BCUT2D eigenvalue weighted by Crippen LogP contribution is 2.23. The number of hydrogen-bond acceptors (Lipinski definition) is 3. The van der Waals surface area contributed by atoms with Crippen LogP contribution < -0.4 is 4.74 Å². The van der Waals surface area contributed by atoms with E-state index in [4.69, 9.17) is 16.3 Å². The smallest absolute Gasteiger partial charge is 0.186 e. The number of carbonyl (C=O) groups is 1. The molecule has 0 atom stereocenters. The largest absolute Gasteiger partial charge is 0.497 e. The number of benzene rings is 1. The number of ether oxygens (including phenoxy) is 1. The standard InChI is InChI=1S/C12H13ClO2S/c1-9(14)16-7-3-4-10-8-11(15-2)5-6-12(10)13/h3-6,8H,7H2,1-2H3. The van der Waals surface area contributed by atoms with Gasteiger partial charge in [0, 0.05) is 17.7 Å². The molecular formula is C12H13ClO2S. The third kappa shape index (κ3) is 4.29. The van der Waals surface area contributed by atoms with Crippen molar-refractivity contribution in [2.24, 2.45) is 0 Å². The fourth-order valence-corrected chi connectivity index (χ4v) is 1.72. The summed E-state index contributed by atoms with van der Waals surface area (Å²) in [4.78, 5) is 10.7. The molecule has 0 aliphatic rings. The van der Waals surface area contributed by atoms with Gasteiger partial charge in [0.2, 0.25) is 0 Å². The van der Waals surface area contributed by atoms with E-state index in [1.807, 2.05) is 24.3 Å². The van der Waals surface area contributed by atoms with Gasteiger partial charge in [0.15, 0.2) is 5.12 Å². The fraction of sp³-hybridized carbons (Fsp3) is 0.250. The molecule has 0 saturated carbocycles. The zero-order valence-electron chi connectivity index (χ0n) is 9.20. The number of halogens is 1. The van der Waals surface area contributed by atoms with Crippen LogP contribution >= 0.6 is 23.4 Å². The first-order valence-corrected chi connectivity index (χ1v) is 6.13. The molecular weight excluding hydrogens is 244 g/mol. The Hall–Kier alpha value is -0.930. The molecule has 0 aromatic heterocycles. The number of rotatable bonds is 4. The molecule has 0 amide bonds. The minimum Gasteiger partial charge on any atom is -0.497 e. The Morgan fingerprint density at radius 1 is 1.56 bits per heavy atom. The zero-order valence-corrected chi connectivity index (χ0v) is 10.8. The molecule has 1 rings (SSSR count). The van der Waals surface area contributed by atoms with Crippen LogP contribution in [0.5, 0.6) is 5.75 Å². The average Bonchev–Trinajstić information content (AvgIpc) is 2.26. The van der Waals surface area contributed by atoms with E-state index in [0.717, 1.165) is 11.3 Å². The maximum Gasteiger partial charge on any atom is 0.186 e. The minimum atomic E-state index is 0.112. The van der Waals surface area contributed by atoms with Crippen LogP contribution in [-0.4, -0.2) is 18.0 Å². The highest BCUT2D eigenvalue weighted by Gasteiger charge is 1.98. The SMILES string of the molecule is COc1ccc(Cl)c(C=CCSC(C)=O)c1. The van der Waals surface area contributed by atoms with Crippen molar-refractivity contribution in [3.05, 3.63) is 34.9 Å². The Labute approximate surface area is 105 Å². The van der Waals surface area contributed by atoms with E-state index in [2.05, 4.69) is 0 Å². The van der Waals surface area contributed by atoms with Crippen LogP contribution in [0.25, 0.3) is 6.08 Å². The van der Waals surface area contributed by atoms with E-state index in [-0.39, 0.29) is 5.12 Å². The Morgan fingerprint density at radius 2 is 2.31 bits per heavy atom. The molecule has 0 heterocycles. The van der Waals surface area contributed by atoms with Gasteiger partial charge in [-0.1, -0.05) is 35.5 Å². The molecule has 0 unspecified atom stereocenters. The number of hydrogen-bond donors (Lipinski definition) is 0. The first-order chi connectivity index (χ1) is 7.63. The van der Waals surface area contributed by atoms with E-state index in [9.17, 15) is 4.79 Å². The van der Waals surface area contributed by atoms with Crippen LogP contribution in [0.4, 0.5) is 0 Å². The van der Waals surface area contributed by atoms with Crippen molar-refractivity contribution in [1.29, 1.82) is 0 Å². The third-order valence-corrected chi connectivity index (χ3v) is 2.99. The van der Waals surface area contributed by atoms with Crippen molar-refractivity contribution in [2.45, 2.75) is 6.92 Å². The van der Waals surface area contributed by atoms with Crippen molar-refractivity contribution in [1.82, 2.24) is 0 Å². The van der Waals surface area contributed by atoms with E-state index >= 15 is 0 Å². The molecule has 0 spiro atoms. The molecule has 1 aromatic carbocycles. The third-order valence-electron chi connectivity index (χ3n) is 1.88. The van der Waals surface area contributed by atoms with Gasteiger partial charge in [0.25, 0.3) is 0 Å². The van der Waals surface area contributed by atoms with Gasteiger partial charge < -0.3 is 4.74 Å². The lowest BCUT2D eigenvalue weighted by Gasteiger charge is -2.02. The fourth-order valence-electron chi connectivity index (χ4n) is 1.12. The predicted molar refractivity (Wildman–Crippen MR) is 70.2 cm³/mol. The lowest BCUT2D eigenvalue weighted by Crippen LogP contribution is -1.85. The molecule has 0 aliphatic carbocycles. The lowest BCUT2D eigenvalue weighted by molar-refractivity contribution is -0.109. The number of carbonyl (C=O) groups excluding carboxylic acids is 1. The summed E-state index contributed by atoms with van der Waals surface area (Å²) >= 11 is 7.28. The van der Waals surface area contributed by atoms with Crippen LogP contribution in [0, 0.1) is 0 Å². The summed E-state index contributed by atoms with van der Waals surface area (Å²) in [5.41, 5.74) is 0.894. The van der Waals surface area contributed by atoms with E-state index in [1.165, 1.54) is 11.8 Å². The molecule has 0 N–H and O–H groups in total. The summed E-state index contributed by atoms with van der Waals surface area (Å²) < 4.78 is 5.10. The second-order valence-corrected chi connectivity index (χ2v) is 4.70. The quantitative estimate of drug-likeness (QED) is 0.823. The molecule has 0 saturated heterocycles. The highest BCUT2D eigenvalue weighted by atomic mass is 35.5. The molecule has 0 radical (unpaired) electrons. The van der Waals surface area contributed by atoms with Gasteiger partial charge in [-0.2, -0.15) is 0 Å². The van der Waals surface area contributed by atoms with Gasteiger partial charge in [-0.05, 0) is 23.8 Å². The summed E-state index contributed by atoms with van der Waals surface area (Å²) in [6.45, 7) is 1.55. The van der Waals surface area contributed by atoms with Gasteiger partial charge in [0.05, 0.1) is 7.11 Å². The van der Waals surface area contributed by atoms with Gasteiger partial charge >= 0.3 is 0 Å². The highest BCUT2D eigenvalue weighted by molar-refractivity contribution is 8.13. The van der Waals surface area contributed by atoms with Crippen molar-refractivity contribution >= 4 is 34.6 Å². The molecule has 1 aromatic rings. The summed E-state index contributed by atoms with van der Waals surface area (Å²) in [7, 11) is 1.61. The minimum absolute atomic E-state index is 0.112. The first-order valence-electron chi connectivity index (χ1n) is 4.77.